The summed E-state index contributed by atoms with van der Waals surface area (Å²) >= 11 is 0. The summed E-state index contributed by atoms with van der Waals surface area (Å²) in [5.74, 6) is 2.06. The van der Waals surface area contributed by atoms with Crippen molar-refractivity contribution in [2.24, 2.45) is 0 Å². The molecule has 0 unspecified atom stereocenters. The molecule has 1 aliphatic heterocycles. The van der Waals surface area contributed by atoms with Gasteiger partial charge in [-0.05, 0) is 55.0 Å². The van der Waals surface area contributed by atoms with E-state index in [9.17, 15) is 13.2 Å². The van der Waals surface area contributed by atoms with Gasteiger partial charge in [-0.3, -0.25) is 4.79 Å². The molecule has 2 heterocycles. The van der Waals surface area contributed by atoms with Crippen LogP contribution in [0.15, 0.2) is 54.6 Å². The zero-order chi connectivity index (χ0) is 23.4. The van der Waals surface area contributed by atoms with E-state index in [4.69, 9.17) is 14.2 Å². The molecule has 0 radical (unpaired) electrons. The Morgan fingerprint density at radius 3 is 2.21 bits per heavy atom. The predicted octanol–water partition coefficient (Wildman–Crippen LogP) is 2.94. The average Bonchev–Trinajstić information content (AvgIpc) is 3.40. The van der Waals surface area contributed by atoms with Gasteiger partial charge in [-0.2, -0.15) is 5.10 Å². The Morgan fingerprint density at radius 2 is 1.64 bits per heavy atom. The van der Waals surface area contributed by atoms with E-state index in [0.29, 0.717) is 35.2 Å². The van der Waals surface area contributed by atoms with Gasteiger partial charge in [-0.15, -0.1) is 0 Å². The molecule has 2 aromatic carbocycles. The maximum atomic E-state index is 12.6. The van der Waals surface area contributed by atoms with Gasteiger partial charge in [-0.25, -0.2) is 13.1 Å². The Labute approximate surface area is 192 Å². The van der Waals surface area contributed by atoms with Crippen LogP contribution in [0.4, 0.5) is 5.82 Å². The maximum Gasteiger partial charge on any atom is 0.263 e. The zero-order valence-electron chi connectivity index (χ0n) is 18.4. The van der Waals surface area contributed by atoms with Crippen molar-refractivity contribution in [1.82, 2.24) is 9.78 Å². The van der Waals surface area contributed by atoms with E-state index in [-0.39, 0.29) is 30.1 Å². The number of carbonyl (C=O) groups is 1. The van der Waals surface area contributed by atoms with Gasteiger partial charge in [0.15, 0.2) is 16.4 Å². The molecular formula is C23H25N3O6S. The fourth-order valence-electron chi connectivity index (χ4n) is 3.64. The Kier molecular flexibility index (Phi) is 6.55. The normalized spacial score (nSPS) is 16.8. The first-order valence-corrected chi connectivity index (χ1v) is 12.2. The van der Waals surface area contributed by atoms with E-state index < -0.39 is 9.84 Å². The molecule has 0 spiro atoms. The third-order valence-corrected chi connectivity index (χ3v) is 7.12. The first-order chi connectivity index (χ1) is 15.9. The van der Waals surface area contributed by atoms with Crippen molar-refractivity contribution in [3.8, 4) is 28.5 Å². The lowest BCUT2D eigenvalue weighted by atomic mass is 10.1. The number of carbonyl (C=O) groups excluding carboxylic acids is 1. The molecule has 174 valence electrons. The summed E-state index contributed by atoms with van der Waals surface area (Å²) in [6.07, 6.45) is 0.442. The van der Waals surface area contributed by atoms with Crippen LogP contribution in [0.5, 0.6) is 17.2 Å². The average molecular weight is 472 g/mol. The van der Waals surface area contributed by atoms with Crippen LogP contribution in [-0.2, 0) is 14.6 Å². The van der Waals surface area contributed by atoms with Crippen LogP contribution in [0.25, 0.3) is 11.3 Å². The van der Waals surface area contributed by atoms with Crippen LogP contribution in [0.3, 0.4) is 0 Å². The molecule has 0 bridgehead atoms. The highest BCUT2D eigenvalue weighted by Gasteiger charge is 2.31. The first-order valence-electron chi connectivity index (χ1n) is 10.4. The molecular weight excluding hydrogens is 446 g/mol. The van der Waals surface area contributed by atoms with E-state index >= 15 is 0 Å². The second-order valence-corrected chi connectivity index (χ2v) is 9.89. The van der Waals surface area contributed by atoms with Gasteiger partial charge in [-0.1, -0.05) is 0 Å². The summed E-state index contributed by atoms with van der Waals surface area (Å²) in [6.45, 7) is -0.210. The lowest BCUT2D eigenvalue weighted by Gasteiger charge is -2.14. The van der Waals surface area contributed by atoms with E-state index in [2.05, 4.69) is 10.4 Å². The van der Waals surface area contributed by atoms with Crippen molar-refractivity contribution < 1.29 is 27.4 Å². The molecule has 0 aliphatic carbocycles. The minimum Gasteiger partial charge on any atom is -0.497 e. The third kappa shape index (κ3) is 5.46. The minimum atomic E-state index is -3.13. The Hall–Kier alpha value is -3.53. The molecule has 33 heavy (non-hydrogen) atoms. The highest BCUT2D eigenvalue weighted by Crippen LogP contribution is 2.31. The molecule has 1 saturated heterocycles. The molecule has 1 fully saturated rings. The predicted molar refractivity (Wildman–Crippen MR) is 124 cm³/mol. The van der Waals surface area contributed by atoms with E-state index in [1.165, 1.54) is 0 Å². The molecule has 1 atom stereocenters. The second kappa shape index (κ2) is 9.53. The highest BCUT2D eigenvalue weighted by molar-refractivity contribution is 7.91. The number of hydrogen-bond acceptors (Lipinski definition) is 7. The van der Waals surface area contributed by atoms with Crippen LogP contribution in [-0.4, -0.2) is 56.4 Å². The lowest BCUT2D eigenvalue weighted by molar-refractivity contribution is -0.118. The largest absolute Gasteiger partial charge is 0.497 e. The van der Waals surface area contributed by atoms with Crippen LogP contribution in [0.1, 0.15) is 12.5 Å². The highest BCUT2D eigenvalue weighted by atomic mass is 32.2. The molecule has 10 heteroatoms. The monoisotopic (exact) mass is 471 g/mol. The van der Waals surface area contributed by atoms with Gasteiger partial charge in [0.1, 0.15) is 23.1 Å². The number of methoxy groups -OCH3 is 2. The number of anilines is 1. The van der Waals surface area contributed by atoms with Crippen molar-refractivity contribution in [1.29, 1.82) is 0 Å². The number of aromatic nitrogens is 2. The standard InChI is InChI=1S/C23H25N3O6S/c1-30-18-5-3-16(4-6-18)21-13-22(26(25-21)17-11-12-33(28,29)15-17)24-23(27)14-32-20-9-7-19(31-2)8-10-20/h3-10,13,17H,11-12,14-15H2,1-2H3,(H,24,27)/t17-/m0/s1. The summed E-state index contributed by atoms with van der Waals surface area (Å²) in [6, 6.07) is 15.6. The number of rotatable bonds is 8. The number of sulfone groups is 1. The molecule has 1 N–H and O–H groups in total. The molecule has 0 saturated carbocycles. The lowest BCUT2D eigenvalue weighted by Crippen LogP contribution is -2.23. The van der Waals surface area contributed by atoms with Crippen LogP contribution < -0.4 is 19.5 Å². The van der Waals surface area contributed by atoms with Gasteiger partial charge < -0.3 is 19.5 Å². The fourth-order valence-corrected chi connectivity index (χ4v) is 5.33. The number of nitrogens with one attached hydrogen (secondary N) is 1. The smallest absolute Gasteiger partial charge is 0.263 e. The number of benzene rings is 2. The molecule has 4 rings (SSSR count). The molecule has 1 aliphatic rings. The maximum absolute atomic E-state index is 12.6. The molecule has 9 nitrogen and oxygen atoms in total. The molecule has 3 aromatic rings. The van der Waals surface area contributed by atoms with E-state index in [1.807, 2.05) is 24.3 Å². The summed E-state index contributed by atoms with van der Waals surface area (Å²) in [7, 11) is 0.0306. The summed E-state index contributed by atoms with van der Waals surface area (Å²) < 4.78 is 41.5. The van der Waals surface area contributed by atoms with Crippen molar-refractivity contribution in [2.75, 3.05) is 37.6 Å². The van der Waals surface area contributed by atoms with Crippen molar-refractivity contribution in [3.05, 3.63) is 54.6 Å². The fraction of sp³-hybridized carbons (Fsp3) is 0.304. The van der Waals surface area contributed by atoms with Gasteiger partial charge >= 0.3 is 0 Å². The van der Waals surface area contributed by atoms with Gasteiger partial charge in [0.05, 0.1) is 37.5 Å². The second-order valence-electron chi connectivity index (χ2n) is 7.66. The SMILES string of the molecule is COc1ccc(OCC(=O)Nc2cc(-c3ccc(OC)cc3)nn2[C@H]2CCS(=O)(=O)C2)cc1. The first kappa shape index (κ1) is 22.7. The van der Waals surface area contributed by atoms with Gasteiger partial charge in [0.2, 0.25) is 0 Å². The number of hydrogen-bond donors (Lipinski definition) is 1. The van der Waals surface area contributed by atoms with E-state index in [1.54, 1.807) is 49.2 Å². The van der Waals surface area contributed by atoms with Crippen molar-refractivity contribution in [3.63, 3.8) is 0 Å². The quantitative estimate of drug-likeness (QED) is 0.538. The molecule has 1 amide bonds. The Balaban J connectivity index is 1.52. The number of nitrogens with zero attached hydrogens (tertiary/aromatic N) is 2. The zero-order valence-corrected chi connectivity index (χ0v) is 19.2. The number of amides is 1. The summed E-state index contributed by atoms with van der Waals surface area (Å²) in [5.41, 5.74) is 1.44. The van der Waals surface area contributed by atoms with Crippen molar-refractivity contribution in [2.45, 2.75) is 12.5 Å². The minimum absolute atomic E-state index is 0.0120. The van der Waals surface area contributed by atoms with Gasteiger partial charge in [0.25, 0.3) is 5.91 Å². The Bertz CT molecular complexity index is 1220. The van der Waals surface area contributed by atoms with Crippen LogP contribution in [0, 0.1) is 0 Å². The van der Waals surface area contributed by atoms with E-state index in [0.717, 1.165) is 5.56 Å². The summed E-state index contributed by atoms with van der Waals surface area (Å²) in [4.78, 5) is 12.6. The van der Waals surface area contributed by atoms with Crippen molar-refractivity contribution >= 4 is 21.6 Å². The van der Waals surface area contributed by atoms with Gasteiger partial charge in [0, 0.05) is 11.6 Å². The van der Waals surface area contributed by atoms with Crippen LogP contribution >= 0.6 is 0 Å². The summed E-state index contributed by atoms with van der Waals surface area (Å²) in [5, 5.41) is 7.43. The topological polar surface area (TPSA) is 109 Å². The third-order valence-electron chi connectivity index (χ3n) is 5.37. The van der Waals surface area contributed by atoms with Crippen LogP contribution in [0.2, 0.25) is 0 Å². The number of ether oxygens (including phenoxy) is 3. The molecule has 1 aromatic heterocycles. The Morgan fingerprint density at radius 1 is 1.03 bits per heavy atom.